The van der Waals surface area contributed by atoms with Gasteiger partial charge in [0.1, 0.15) is 0 Å². The van der Waals surface area contributed by atoms with Crippen molar-refractivity contribution in [3.63, 3.8) is 0 Å². The Balaban J connectivity index is 1.90. The summed E-state index contributed by atoms with van der Waals surface area (Å²) in [7, 11) is 0. The van der Waals surface area contributed by atoms with E-state index in [0.29, 0.717) is 0 Å². The Kier molecular flexibility index (Phi) is 4.08. The standard InChI is InChI=1S/C13H19ClN2/c14-12-3-5-13(6-4-12)16-9-7-11(10-16)2-1-8-15/h3-6,11H,1-2,7-10,15H2. The molecule has 1 aromatic carbocycles. The average molecular weight is 239 g/mol. The fraction of sp³-hybridized carbons (Fsp3) is 0.538. The molecule has 1 aliphatic rings. The summed E-state index contributed by atoms with van der Waals surface area (Å²) in [5.41, 5.74) is 6.83. The maximum Gasteiger partial charge on any atom is 0.0407 e. The van der Waals surface area contributed by atoms with Crippen LogP contribution in [0.15, 0.2) is 24.3 Å². The molecule has 1 aliphatic heterocycles. The van der Waals surface area contributed by atoms with Crippen LogP contribution in [0.3, 0.4) is 0 Å². The highest BCUT2D eigenvalue weighted by molar-refractivity contribution is 6.30. The van der Waals surface area contributed by atoms with E-state index in [4.69, 9.17) is 17.3 Å². The maximum absolute atomic E-state index is 5.88. The third kappa shape index (κ3) is 2.89. The van der Waals surface area contributed by atoms with Gasteiger partial charge in [0.05, 0.1) is 0 Å². The van der Waals surface area contributed by atoms with E-state index in [9.17, 15) is 0 Å². The first-order valence-corrected chi connectivity index (χ1v) is 6.38. The van der Waals surface area contributed by atoms with Gasteiger partial charge in [0.25, 0.3) is 0 Å². The van der Waals surface area contributed by atoms with E-state index in [1.165, 1.54) is 25.1 Å². The van der Waals surface area contributed by atoms with Crippen LogP contribution in [0.5, 0.6) is 0 Å². The van der Waals surface area contributed by atoms with E-state index in [-0.39, 0.29) is 0 Å². The molecular formula is C13H19ClN2. The highest BCUT2D eigenvalue weighted by Gasteiger charge is 2.21. The molecule has 2 rings (SSSR count). The summed E-state index contributed by atoms with van der Waals surface area (Å²) in [6.07, 6.45) is 3.71. The first kappa shape index (κ1) is 11.7. The molecule has 2 N–H and O–H groups in total. The average Bonchev–Trinajstić information content (AvgIpc) is 2.76. The van der Waals surface area contributed by atoms with Gasteiger partial charge in [-0.25, -0.2) is 0 Å². The number of hydrogen-bond donors (Lipinski definition) is 1. The largest absolute Gasteiger partial charge is 0.371 e. The minimum Gasteiger partial charge on any atom is -0.371 e. The van der Waals surface area contributed by atoms with E-state index in [1.54, 1.807) is 0 Å². The lowest BCUT2D eigenvalue weighted by molar-refractivity contribution is 0.519. The van der Waals surface area contributed by atoms with Crippen LogP contribution in [0.1, 0.15) is 19.3 Å². The van der Waals surface area contributed by atoms with Crippen LogP contribution in [0.2, 0.25) is 5.02 Å². The lowest BCUT2D eigenvalue weighted by Gasteiger charge is -2.18. The van der Waals surface area contributed by atoms with Gasteiger partial charge in [-0.1, -0.05) is 11.6 Å². The third-order valence-corrected chi connectivity index (χ3v) is 3.55. The second-order valence-corrected chi connectivity index (χ2v) is 4.94. The lowest BCUT2D eigenvalue weighted by atomic mass is 10.0. The maximum atomic E-state index is 5.88. The summed E-state index contributed by atoms with van der Waals surface area (Å²) in [5, 5.41) is 0.808. The molecule has 1 aromatic rings. The molecule has 1 atom stereocenters. The zero-order chi connectivity index (χ0) is 11.4. The zero-order valence-corrected chi connectivity index (χ0v) is 10.3. The molecule has 0 aromatic heterocycles. The monoisotopic (exact) mass is 238 g/mol. The molecule has 0 aliphatic carbocycles. The smallest absolute Gasteiger partial charge is 0.0407 e. The van der Waals surface area contributed by atoms with Gasteiger partial charge >= 0.3 is 0 Å². The van der Waals surface area contributed by atoms with Crippen molar-refractivity contribution in [1.29, 1.82) is 0 Å². The minimum absolute atomic E-state index is 0.808. The zero-order valence-electron chi connectivity index (χ0n) is 9.53. The Morgan fingerprint density at radius 2 is 2.06 bits per heavy atom. The van der Waals surface area contributed by atoms with Crippen molar-refractivity contribution < 1.29 is 0 Å². The van der Waals surface area contributed by atoms with Crippen LogP contribution in [0, 0.1) is 5.92 Å². The van der Waals surface area contributed by atoms with E-state index < -0.39 is 0 Å². The third-order valence-electron chi connectivity index (χ3n) is 3.29. The predicted molar refractivity (Wildman–Crippen MR) is 70.1 cm³/mol. The topological polar surface area (TPSA) is 29.3 Å². The van der Waals surface area contributed by atoms with Crippen molar-refractivity contribution in [2.45, 2.75) is 19.3 Å². The Labute approximate surface area is 102 Å². The SMILES string of the molecule is NCCCC1CCN(c2ccc(Cl)cc2)C1. The Morgan fingerprint density at radius 1 is 1.31 bits per heavy atom. The Morgan fingerprint density at radius 3 is 2.75 bits per heavy atom. The van der Waals surface area contributed by atoms with Gasteiger partial charge < -0.3 is 10.6 Å². The van der Waals surface area contributed by atoms with Crippen LogP contribution >= 0.6 is 11.6 Å². The summed E-state index contributed by atoms with van der Waals surface area (Å²) in [4.78, 5) is 2.44. The predicted octanol–water partition coefficient (Wildman–Crippen LogP) is 2.91. The highest BCUT2D eigenvalue weighted by Crippen LogP contribution is 2.27. The number of nitrogens with zero attached hydrogens (tertiary/aromatic N) is 1. The molecule has 1 heterocycles. The second kappa shape index (κ2) is 5.55. The van der Waals surface area contributed by atoms with Crippen LogP contribution in [-0.4, -0.2) is 19.6 Å². The minimum atomic E-state index is 0.808. The number of anilines is 1. The summed E-state index contributed by atoms with van der Waals surface area (Å²) in [5.74, 6) is 0.819. The summed E-state index contributed by atoms with van der Waals surface area (Å²) < 4.78 is 0. The summed E-state index contributed by atoms with van der Waals surface area (Å²) in [6, 6.07) is 8.13. The number of halogens is 1. The normalized spacial score (nSPS) is 20.4. The summed E-state index contributed by atoms with van der Waals surface area (Å²) in [6.45, 7) is 3.15. The van der Waals surface area contributed by atoms with Crippen molar-refractivity contribution >= 4 is 17.3 Å². The van der Waals surface area contributed by atoms with Gasteiger partial charge in [-0.2, -0.15) is 0 Å². The first-order valence-electron chi connectivity index (χ1n) is 6.00. The molecule has 0 bridgehead atoms. The van der Waals surface area contributed by atoms with Gasteiger partial charge in [-0.05, 0) is 56.0 Å². The lowest BCUT2D eigenvalue weighted by Crippen LogP contribution is -2.19. The molecule has 88 valence electrons. The van der Waals surface area contributed by atoms with Gasteiger partial charge in [0.15, 0.2) is 0 Å². The first-order chi connectivity index (χ1) is 7.79. The van der Waals surface area contributed by atoms with E-state index in [0.717, 1.165) is 30.5 Å². The number of rotatable bonds is 4. The van der Waals surface area contributed by atoms with E-state index in [1.807, 2.05) is 12.1 Å². The van der Waals surface area contributed by atoms with Crippen LogP contribution < -0.4 is 10.6 Å². The molecule has 1 fully saturated rings. The van der Waals surface area contributed by atoms with E-state index >= 15 is 0 Å². The van der Waals surface area contributed by atoms with Crippen molar-refractivity contribution in [1.82, 2.24) is 0 Å². The molecule has 2 nitrogen and oxygen atoms in total. The fourth-order valence-corrected chi connectivity index (χ4v) is 2.49. The Hall–Kier alpha value is -0.730. The number of hydrogen-bond acceptors (Lipinski definition) is 2. The number of nitrogens with two attached hydrogens (primary N) is 1. The molecule has 0 spiro atoms. The fourth-order valence-electron chi connectivity index (χ4n) is 2.36. The molecule has 1 unspecified atom stereocenters. The molecule has 1 saturated heterocycles. The second-order valence-electron chi connectivity index (χ2n) is 4.51. The van der Waals surface area contributed by atoms with E-state index in [2.05, 4.69) is 17.0 Å². The van der Waals surface area contributed by atoms with Crippen molar-refractivity contribution in [2.75, 3.05) is 24.5 Å². The molecule has 0 saturated carbocycles. The van der Waals surface area contributed by atoms with Crippen molar-refractivity contribution in [2.24, 2.45) is 11.7 Å². The van der Waals surface area contributed by atoms with Crippen LogP contribution in [-0.2, 0) is 0 Å². The molecule has 16 heavy (non-hydrogen) atoms. The Bertz CT molecular complexity index is 323. The van der Waals surface area contributed by atoms with Gasteiger partial charge in [-0.15, -0.1) is 0 Å². The highest BCUT2D eigenvalue weighted by atomic mass is 35.5. The van der Waals surface area contributed by atoms with Gasteiger partial charge in [-0.3, -0.25) is 0 Å². The summed E-state index contributed by atoms with van der Waals surface area (Å²) >= 11 is 5.88. The molecule has 3 heteroatoms. The number of benzene rings is 1. The molecule has 0 amide bonds. The van der Waals surface area contributed by atoms with Crippen molar-refractivity contribution in [3.8, 4) is 0 Å². The van der Waals surface area contributed by atoms with Crippen LogP contribution in [0.25, 0.3) is 0 Å². The van der Waals surface area contributed by atoms with Gasteiger partial charge in [0.2, 0.25) is 0 Å². The van der Waals surface area contributed by atoms with Crippen LogP contribution in [0.4, 0.5) is 5.69 Å². The molecule has 0 radical (unpaired) electrons. The van der Waals surface area contributed by atoms with Crippen molar-refractivity contribution in [3.05, 3.63) is 29.3 Å². The molecular weight excluding hydrogens is 220 g/mol. The quantitative estimate of drug-likeness (QED) is 0.874. The van der Waals surface area contributed by atoms with Gasteiger partial charge in [0, 0.05) is 23.8 Å².